The highest BCUT2D eigenvalue weighted by molar-refractivity contribution is 7.91. The summed E-state index contributed by atoms with van der Waals surface area (Å²) in [5.74, 6) is 0.651. The second kappa shape index (κ2) is 6.22. The fourth-order valence-electron chi connectivity index (χ4n) is 2.87. The Bertz CT molecular complexity index is 402. The van der Waals surface area contributed by atoms with Gasteiger partial charge in [0.25, 0.3) is 0 Å². The van der Waals surface area contributed by atoms with Gasteiger partial charge in [0, 0.05) is 19.1 Å². The molecule has 0 bridgehead atoms. The second-order valence-corrected chi connectivity index (χ2v) is 8.00. The van der Waals surface area contributed by atoms with Gasteiger partial charge in [-0.1, -0.05) is 0 Å². The number of sulfone groups is 1. The number of carbonyl (C=O) groups excluding carboxylic acids is 1. The zero-order valence-electron chi connectivity index (χ0n) is 11.6. The monoisotopic (exact) mass is 288 g/mol. The van der Waals surface area contributed by atoms with Crippen LogP contribution in [0.5, 0.6) is 0 Å². The second-order valence-electron chi connectivity index (χ2n) is 5.70. The highest BCUT2D eigenvalue weighted by Crippen LogP contribution is 2.14. The van der Waals surface area contributed by atoms with E-state index >= 15 is 0 Å². The van der Waals surface area contributed by atoms with Crippen molar-refractivity contribution >= 4 is 15.7 Å². The predicted molar refractivity (Wildman–Crippen MR) is 74.7 cm³/mol. The van der Waals surface area contributed by atoms with E-state index in [-0.39, 0.29) is 29.5 Å². The first-order chi connectivity index (χ1) is 8.98. The largest absolute Gasteiger partial charge is 0.341 e. The fourth-order valence-corrected chi connectivity index (χ4v) is 4.36. The maximum Gasteiger partial charge on any atom is 0.239 e. The summed E-state index contributed by atoms with van der Waals surface area (Å²) in [6, 6.07) is -0.0452. The van der Waals surface area contributed by atoms with Gasteiger partial charge in [0.05, 0.1) is 17.5 Å². The number of hydrogen-bond donors (Lipinski definition) is 1. The van der Waals surface area contributed by atoms with Crippen molar-refractivity contribution in [2.75, 3.05) is 24.6 Å². The van der Waals surface area contributed by atoms with Gasteiger partial charge < -0.3 is 10.2 Å². The number of hydrogen-bond acceptors (Lipinski definition) is 4. The molecule has 6 heteroatoms. The standard InChI is InChI=1S/C13H24N2O3S/c1-11(13(16)15-7-3-2-4-8-15)14-12-5-9-19(17,18)10-6-12/h11-12,14H,2-10H2,1H3. The number of likely N-dealkylation sites (tertiary alicyclic amines) is 1. The molecule has 0 aromatic carbocycles. The van der Waals surface area contributed by atoms with Gasteiger partial charge in [0.2, 0.25) is 5.91 Å². The first-order valence-corrected chi connectivity index (χ1v) is 9.05. The fraction of sp³-hybridized carbons (Fsp3) is 0.923. The Labute approximate surface area is 115 Å². The molecule has 2 fully saturated rings. The van der Waals surface area contributed by atoms with Crippen LogP contribution < -0.4 is 5.32 Å². The van der Waals surface area contributed by atoms with E-state index in [0.717, 1.165) is 25.9 Å². The third kappa shape index (κ3) is 4.18. The number of rotatable bonds is 3. The Kier molecular flexibility index (Phi) is 4.84. The molecule has 0 aromatic heterocycles. The molecule has 0 spiro atoms. The number of carbonyl (C=O) groups is 1. The Balaban J connectivity index is 1.80. The van der Waals surface area contributed by atoms with Gasteiger partial charge in [-0.2, -0.15) is 0 Å². The third-order valence-corrected chi connectivity index (χ3v) is 5.79. The van der Waals surface area contributed by atoms with Crippen LogP contribution in [-0.2, 0) is 14.6 Å². The molecule has 1 N–H and O–H groups in total. The van der Waals surface area contributed by atoms with E-state index < -0.39 is 9.84 Å². The average Bonchev–Trinajstić information content (AvgIpc) is 2.41. The Morgan fingerprint density at radius 1 is 1.16 bits per heavy atom. The van der Waals surface area contributed by atoms with Crippen LogP contribution in [0.1, 0.15) is 39.0 Å². The van der Waals surface area contributed by atoms with Crippen LogP contribution >= 0.6 is 0 Å². The van der Waals surface area contributed by atoms with Gasteiger partial charge in [-0.15, -0.1) is 0 Å². The summed E-state index contributed by atoms with van der Waals surface area (Å²) in [5, 5.41) is 3.30. The van der Waals surface area contributed by atoms with Crippen molar-refractivity contribution in [3.8, 4) is 0 Å². The quantitative estimate of drug-likeness (QED) is 0.824. The van der Waals surface area contributed by atoms with Crippen molar-refractivity contribution in [2.45, 2.75) is 51.1 Å². The van der Waals surface area contributed by atoms with E-state index in [9.17, 15) is 13.2 Å². The molecule has 2 aliphatic rings. The minimum Gasteiger partial charge on any atom is -0.341 e. The zero-order chi connectivity index (χ0) is 13.9. The minimum absolute atomic E-state index is 0.160. The molecule has 2 saturated heterocycles. The minimum atomic E-state index is -2.83. The molecule has 19 heavy (non-hydrogen) atoms. The summed E-state index contributed by atoms with van der Waals surface area (Å²) in [4.78, 5) is 14.2. The molecule has 0 radical (unpaired) electrons. The maximum absolute atomic E-state index is 12.2. The van der Waals surface area contributed by atoms with E-state index in [1.165, 1.54) is 6.42 Å². The normalized spacial score (nSPS) is 26.1. The van der Waals surface area contributed by atoms with E-state index in [0.29, 0.717) is 12.8 Å². The molecule has 5 nitrogen and oxygen atoms in total. The van der Waals surface area contributed by atoms with Crippen molar-refractivity contribution in [2.24, 2.45) is 0 Å². The molecule has 2 rings (SSSR count). The molecular weight excluding hydrogens is 264 g/mol. The molecular formula is C13H24N2O3S. The van der Waals surface area contributed by atoms with E-state index in [1.54, 1.807) is 0 Å². The van der Waals surface area contributed by atoms with Gasteiger partial charge in [-0.25, -0.2) is 8.42 Å². The summed E-state index contributed by atoms with van der Waals surface area (Å²) in [5.41, 5.74) is 0. The molecule has 1 amide bonds. The summed E-state index contributed by atoms with van der Waals surface area (Å²) >= 11 is 0. The predicted octanol–water partition coefficient (Wildman–Crippen LogP) is 0.554. The molecule has 2 heterocycles. The molecule has 1 atom stereocenters. The lowest BCUT2D eigenvalue weighted by atomic mass is 10.1. The van der Waals surface area contributed by atoms with Gasteiger partial charge in [0.15, 0.2) is 0 Å². The average molecular weight is 288 g/mol. The van der Waals surface area contributed by atoms with E-state index in [4.69, 9.17) is 0 Å². The Morgan fingerprint density at radius 3 is 2.32 bits per heavy atom. The van der Waals surface area contributed by atoms with Crippen molar-refractivity contribution in [1.82, 2.24) is 10.2 Å². The first kappa shape index (κ1) is 14.8. The summed E-state index contributed by atoms with van der Waals surface area (Å²) in [6.45, 7) is 3.62. The van der Waals surface area contributed by atoms with Crippen molar-refractivity contribution in [1.29, 1.82) is 0 Å². The van der Waals surface area contributed by atoms with Crippen molar-refractivity contribution in [3.63, 3.8) is 0 Å². The lowest BCUT2D eigenvalue weighted by Crippen LogP contribution is -2.51. The number of amides is 1. The Morgan fingerprint density at radius 2 is 1.74 bits per heavy atom. The first-order valence-electron chi connectivity index (χ1n) is 7.23. The van der Waals surface area contributed by atoms with Crippen molar-refractivity contribution in [3.05, 3.63) is 0 Å². The van der Waals surface area contributed by atoms with Crippen LogP contribution in [0.3, 0.4) is 0 Å². The number of nitrogens with one attached hydrogen (secondary N) is 1. The van der Waals surface area contributed by atoms with E-state index in [2.05, 4.69) is 5.32 Å². The third-order valence-electron chi connectivity index (χ3n) is 4.08. The molecule has 110 valence electrons. The lowest BCUT2D eigenvalue weighted by molar-refractivity contribution is -0.134. The smallest absolute Gasteiger partial charge is 0.239 e. The number of nitrogens with zero attached hydrogens (tertiary/aromatic N) is 1. The van der Waals surface area contributed by atoms with Crippen molar-refractivity contribution < 1.29 is 13.2 Å². The molecule has 0 aromatic rings. The SMILES string of the molecule is CC(NC1CCS(=O)(=O)CC1)C(=O)N1CCCCC1. The molecule has 1 unspecified atom stereocenters. The van der Waals surface area contributed by atoms with Crippen LogP contribution in [-0.4, -0.2) is 55.9 Å². The highest BCUT2D eigenvalue weighted by atomic mass is 32.2. The molecule has 0 aliphatic carbocycles. The summed E-state index contributed by atoms with van der Waals surface area (Å²) in [6.07, 6.45) is 4.66. The van der Waals surface area contributed by atoms with Crippen LogP contribution in [0.25, 0.3) is 0 Å². The molecule has 0 saturated carbocycles. The van der Waals surface area contributed by atoms with Crippen LogP contribution in [0.4, 0.5) is 0 Å². The van der Waals surface area contributed by atoms with Gasteiger partial charge in [-0.3, -0.25) is 4.79 Å². The Hall–Kier alpha value is -0.620. The lowest BCUT2D eigenvalue weighted by Gasteiger charge is -2.32. The summed E-state index contributed by atoms with van der Waals surface area (Å²) in [7, 11) is -2.83. The molecule has 2 aliphatic heterocycles. The summed E-state index contributed by atoms with van der Waals surface area (Å²) < 4.78 is 22.7. The van der Waals surface area contributed by atoms with Crippen LogP contribution in [0.15, 0.2) is 0 Å². The number of piperidine rings is 1. The maximum atomic E-state index is 12.2. The zero-order valence-corrected chi connectivity index (χ0v) is 12.4. The van der Waals surface area contributed by atoms with Gasteiger partial charge in [0.1, 0.15) is 9.84 Å². The van der Waals surface area contributed by atoms with Crippen LogP contribution in [0, 0.1) is 0 Å². The highest BCUT2D eigenvalue weighted by Gasteiger charge is 2.28. The van der Waals surface area contributed by atoms with Crippen LogP contribution in [0.2, 0.25) is 0 Å². The van der Waals surface area contributed by atoms with Gasteiger partial charge >= 0.3 is 0 Å². The van der Waals surface area contributed by atoms with Gasteiger partial charge in [-0.05, 0) is 39.0 Å². The van der Waals surface area contributed by atoms with E-state index in [1.807, 2.05) is 11.8 Å². The topological polar surface area (TPSA) is 66.5 Å².